The molecule has 0 nitrogen and oxygen atoms in total. The Hall–Kier alpha value is -3.00. The maximum absolute atomic E-state index is 15.0. The van der Waals surface area contributed by atoms with Gasteiger partial charge < -0.3 is 0 Å². The van der Waals surface area contributed by atoms with Gasteiger partial charge in [-0.2, -0.15) is 0 Å². The minimum atomic E-state index is -0.325. The van der Waals surface area contributed by atoms with Crippen molar-refractivity contribution in [2.75, 3.05) is 0 Å². The first-order valence-electron chi connectivity index (χ1n) is 8.73. The number of hydrogen-bond donors (Lipinski definition) is 0. The van der Waals surface area contributed by atoms with Gasteiger partial charge in [-0.1, -0.05) is 67.6 Å². The van der Waals surface area contributed by atoms with Crippen LogP contribution in [0.4, 0.5) is 8.78 Å². The molecule has 0 spiro atoms. The van der Waals surface area contributed by atoms with Crippen LogP contribution in [-0.2, 0) is 6.42 Å². The molecular formula is C24H18F2. The first-order chi connectivity index (χ1) is 12.7. The van der Waals surface area contributed by atoms with E-state index < -0.39 is 0 Å². The van der Waals surface area contributed by atoms with Crippen LogP contribution in [0.2, 0.25) is 0 Å². The largest absolute Gasteiger partial charge is 0.207 e. The summed E-state index contributed by atoms with van der Waals surface area (Å²) < 4.78 is 28.1. The molecule has 0 saturated carbocycles. The number of halogens is 2. The molecule has 0 saturated heterocycles. The molecule has 0 unspecified atom stereocenters. The second-order valence-corrected chi connectivity index (χ2v) is 6.42. The SMILES string of the molecule is CCc1ccc(-c2ccc3c(F)c(-c4ccc(F)cc4)ccc3c2)cc1. The number of fused-ring (bicyclic) bond motifs is 1. The Labute approximate surface area is 151 Å². The monoisotopic (exact) mass is 344 g/mol. The van der Waals surface area contributed by atoms with Crippen molar-refractivity contribution in [2.45, 2.75) is 13.3 Å². The molecule has 0 amide bonds. The Kier molecular flexibility index (Phi) is 4.26. The minimum Gasteiger partial charge on any atom is -0.207 e. The van der Waals surface area contributed by atoms with Gasteiger partial charge in [-0.25, -0.2) is 8.78 Å². The lowest BCUT2D eigenvalue weighted by molar-refractivity contribution is 0.627. The van der Waals surface area contributed by atoms with E-state index in [2.05, 4.69) is 31.2 Å². The highest BCUT2D eigenvalue weighted by atomic mass is 19.1. The third kappa shape index (κ3) is 2.99. The van der Waals surface area contributed by atoms with Crippen molar-refractivity contribution in [3.8, 4) is 22.3 Å². The molecule has 0 atom stereocenters. The third-order valence-corrected chi connectivity index (χ3v) is 4.80. The van der Waals surface area contributed by atoms with E-state index in [1.54, 1.807) is 18.2 Å². The van der Waals surface area contributed by atoms with Crippen molar-refractivity contribution >= 4 is 10.8 Å². The van der Waals surface area contributed by atoms with Crippen LogP contribution in [0.15, 0.2) is 78.9 Å². The maximum Gasteiger partial charge on any atom is 0.138 e. The highest BCUT2D eigenvalue weighted by molar-refractivity contribution is 5.91. The van der Waals surface area contributed by atoms with Crippen LogP contribution < -0.4 is 0 Å². The van der Waals surface area contributed by atoms with Gasteiger partial charge in [0.05, 0.1) is 0 Å². The van der Waals surface area contributed by atoms with Gasteiger partial charge in [0.2, 0.25) is 0 Å². The summed E-state index contributed by atoms with van der Waals surface area (Å²) in [6.07, 6.45) is 1.01. The predicted molar refractivity (Wildman–Crippen MR) is 104 cm³/mol. The lowest BCUT2D eigenvalue weighted by Crippen LogP contribution is -1.88. The standard InChI is InChI=1S/C24H18F2/c1-2-16-3-5-17(6-4-16)19-9-13-23-20(15-19)10-14-22(24(23)26)18-7-11-21(25)12-8-18/h3-15H,2H2,1H3. The smallest absolute Gasteiger partial charge is 0.138 e. The minimum absolute atomic E-state index is 0.276. The summed E-state index contributed by atoms with van der Waals surface area (Å²) in [6.45, 7) is 2.13. The van der Waals surface area contributed by atoms with Gasteiger partial charge in [0, 0.05) is 10.9 Å². The first-order valence-corrected chi connectivity index (χ1v) is 8.73. The highest BCUT2D eigenvalue weighted by Gasteiger charge is 2.10. The van der Waals surface area contributed by atoms with Crippen LogP contribution in [0.1, 0.15) is 12.5 Å². The predicted octanol–water partition coefficient (Wildman–Crippen LogP) is 7.01. The van der Waals surface area contributed by atoms with E-state index in [1.165, 1.54) is 17.7 Å². The van der Waals surface area contributed by atoms with Gasteiger partial charge in [-0.3, -0.25) is 0 Å². The van der Waals surface area contributed by atoms with E-state index in [1.807, 2.05) is 24.3 Å². The summed E-state index contributed by atoms with van der Waals surface area (Å²) in [5.41, 5.74) is 4.63. The Morgan fingerprint density at radius 2 is 1.31 bits per heavy atom. The van der Waals surface area contributed by atoms with Gasteiger partial charge in [-0.15, -0.1) is 0 Å². The second kappa shape index (κ2) is 6.72. The Morgan fingerprint density at radius 1 is 0.654 bits per heavy atom. The van der Waals surface area contributed by atoms with E-state index in [0.29, 0.717) is 16.5 Å². The molecule has 0 radical (unpaired) electrons. The van der Waals surface area contributed by atoms with Gasteiger partial charge in [0.25, 0.3) is 0 Å². The van der Waals surface area contributed by atoms with Crippen molar-refractivity contribution in [1.82, 2.24) is 0 Å². The molecule has 0 bridgehead atoms. The molecule has 4 aromatic rings. The number of hydrogen-bond acceptors (Lipinski definition) is 0. The van der Waals surface area contributed by atoms with Crippen LogP contribution >= 0.6 is 0 Å². The Balaban J connectivity index is 1.78. The third-order valence-electron chi connectivity index (χ3n) is 4.80. The molecule has 4 rings (SSSR count). The molecule has 0 heterocycles. The van der Waals surface area contributed by atoms with Gasteiger partial charge in [0.1, 0.15) is 11.6 Å². The topological polar surface area (TPSA) is 0 Å². The number of rotatable bonds is 3. The molecule has 0 aliphatic rings. The molecule has 0 aliphatic heterocycles. The van der Waals surface area contributed by atoms with Crippen molar-refractivity contribution < 1.29 is 8.78 Å². The molecule has 0 aromatic heterocycles. The van der Waals surface area contributed by atoms with Crippen molar-refractivity contribution in [3.05, 3.63) is 96.1 Å². The molecule has 0 aliphatic carbocycles. The summed E-state index contributed by atoms with van der Waals surface area (Å²) in [5, 5.41) is 1.42. The molecule has 0 fully saturated rings. The molecule has 26 heavy (non-hydrogen) atoms. The van der Waals surface area contributed by atoms with E-state index in [9.17, 15) is 8.78 Å². The normalized spacial score (nSPS) is 11.0. The van der Waals surface area contributed by atoms with Crippen LogP contribution in [-0.4, -0.2) is 0 Å². The van der Waals surface area contributed by atoms with Gasteiger partial charge in [-0.05, 0) is 52.3 Å². The first kappa shape index (κ1) is 16.5. The molecule has 128 valence electrons. The molecule has 2 heteroatoms. The lowest BCUT2D eigenvalue weighted by Gasteiger charge is -2.09. The van der Waals surface area contributed by atoms with Gasteiger partial charge >= 0.3 is 0 Å². The van der Waals surface area contributed by atoms with Crippen LogP contribution in [0.5, 0.6) is 0 Å². The van der Waals surface area contributed by atoms with Crippen LogP contribution in [0.3, 0.4) is 0 Å². The molecule has 4 aromatic carbocycles. The summed E-state index contributed by atoms with van der Waals surface area (Å²) in [5.74, 6) is -0.601. The Bertz CT molecular complexity index is 1060. The zero-order valence-electron chi connectivity index (χ0n) is 14.5. The second-order valence-electron chi connectivity index (χ2n) is 6.42. The summed E-state index contributed by atoms with van der Waals surface area (Å²) >= 11 is 0. The van der Waals surface area contributed by atoms with Crippen molar-refractivity contribution in [1.29, 1.82) is 0 Å². The summed E-state index contributed by atoms with van der Waals surface area (Å²) in [6, 6.07) is 23.8. The highest BCUT2D eigenvalue weighted by Crippen LogP contribution is 2.32. The van der Waals surface area contributed by atoms with Gasteiger partial charge in [0.15, 0.2) is 0 Å². The average Bonchev–Trinajstić information content (AvgIpc) is 2.69. The molecular weight excluding hydrogens is 326 g/mol. The summed E-state index contributed by atoms with van der Waals surface area (Å²) in [7, 11) is 0. The van der Waals surface area contributed by atoms with E-state index in [0.717, 1.165) is 22.9 Å². The Morgan fingerprint density at radius 3 is 2.00 bits per heavy atom. The average molecular weight is 344 g/mol. The zero-order chi connectivity index (χ0) is 18.1. The maximum atomic E-state index is 15.0. The van der Waals surface area contributed by atoms with Crippen LogP contribution in [0, 0.1) is 11.6 Å². The number of benzene rings is 4. The fourth-order valence-electron chi connectivity index (χ4n) is 3.26. The van der Waals surface area contributed by atoms with E-state index in [-0.39, 0.29) is 11.6 Å². The quantitative estimate of drug-likeness (QED) is 0.375. The lowest BCUT2D eigenvalue weighted by atomic mass is 9.96. The number of aryl methyl sites for hydroxylation is 1. The fourth-order valence-corrected chi connectivity index (χ4v) is 3.26. The summed E-state index contributed by atoms with van der Waals surface area (Å²) in [4.78, 5) is 0. The van der Waals surface area contributed by atoms with Crippen LogP contribution in [0.25, 0.3) is 33.0 Å². The van der Waals surface area contributed by atoms with E-state index >= 15 is 0 Å². The molecule has 0 N–H and O–H groups in total. The van der Waals surface area contributed by atoms with E-state index in [4.69, 9.17) is 0 Å². The van der Waals surface area contributed by atoms with Crippen molar-refractivity contribution in [3.63, 3.8) is 0 Å². The zero-order valence-corrected chi connectivity index (χ0v) is 14.5. The van der Waals surface area contributed by atoms with Crippen molar-refractivity contribution in [2.24, 2.45) is 0 Å². The fraction of sp³-hybridized carbons (Fsp3) is 0.0833.